The van der Waals surface area contributed by atoms with E-state index >= 15 is 0 Å². The van der Waals surface area contributed by atoms with E-state index in [-0.39, 0.29) is 5.56 Å². The fraction of sp³-hybridized carbons (Fsp3) is 0.154. The second-order valence-electron chi connectivity index (χ2n) is 7.83. The lowest BCUT2D eigenvalue weighted by Gasteiger charge is -2.10. The molecule has 4 aromatic rings. The summed E-state index contributed by atoms with van der Waals surface area (Å²) in [7, 11) is 0. The number of nitrogens with zero attached hydrogens (tertiary/aromatic N) is 1. The van der Waals surface area contributed by atoms with Crippen LogP contribution >= 0.6 is 22.6 Å². The zero-order valence-electron chi connectivity index (χ0n) is 17.3. The van der Waals surface area contributed by atoms with Gasteiger partial charge in [0.05, 0.1) is 23.4 Å². The second-order valence-corrected chi connectivity index (χ2v) is 9.07. The topological polar surface area (TPSA) is 59.4 Å². The first-order valence-corrected chi connectivity index (χ1v) is 11.2. The van der Waals surface area contributed by atoms with Crippen LogP contribution in [0.4, 0.5) is 0 Å². The smallest absolute Gasteiger partial charge is 0.336 e. The Bertz CT molecular complexity index is 1230. The van der Waals surface area contributed by atoms with Crippen molar-refractivity contribution in [1.82, 2.24) is 4.98 Å². The van der Waals surface area contributed by atoms with E-state index in [9.17, 15) is 9.90 Å². The van der Waals surface area contributed by atoms with Crippen LogP contribution in [0.1, 0.15) is 24.2 Å². The first kappa shape index (κ1) is 21.3. The zero-order chi connectivity index (χ0) is 22.0. The fourth-order valence-electron chi connectivity index (χ4n) is 3.36. The lowest BCUT2D eigenvalue weighted by molar-refractivity contribution is 0.0699. The summed E-state index contributed by atoms with van der Waals surface area (Å²) in [4.78, 5) is 16.5. The summed E-state index contributed by atoms with van der Waals surface area (Å²) >= 11 is 2.18. The van der Waals surface area contributed by atoms with E-state index in [1.165, 1.54) is 0 Å². The van der Waals surface area contributed by atoms with Gasteiger partial charge in [-0.15, -0.1) is 0 Å². The zero-order valence-corrected chi connectivity index (χ0v) is 19.5. The molecular formula is C26H22INO3. The van der Waals surface area contributed by atoms with Crippen molar-refractivity contribution < 1.29 is 14.6 Å². The van der Waals surface area contributed by atoms with E-state index in [4.69, 9.17) is 9.72 Å². The number of ether oxygens (including phenoxy) is 1. The quantitative estimate of drug-likeness (QED) is 0.279. The van der Waals surface area contributed by atoms with Gasteiger partial charge in [-0.2, -0.15) is 0 Å². The van der Waals surface area contributed by atoms with Crippen LogP contribution in [0, 0.1) is 9.49 Å². The van der Waals surface area contributed by atoms with Crippen molar-refractivity contribution >= 4 is 39.5 Å². The molecule has 0 aliphatic carbocycles. The highest BCUT2D eigenvalue weighted by molar-refractivity contribution is 14.1. The van der Waals surface area contributed by atoms with Gasteiger partial charge in [0, 0.05) is 14.5 Å². The van der Waals surface area contributed by atoms with Crippen LogP contribution in [0.15, 0.2) is 72.8 Å². The van der Waals surface area contributed by atoms with E-state index in [0.717, 1.165) is 26.0 Å². The molecule has 0 amide bonds. The molecule has 0 saturated carbocycles. The van der Waals surface area contributed by atoms with E-state index in [1.807, 2.05) is 66.7 Å². The van der Waals surface area contributed by atoms with Gasteiger partial charge in [0.2, 0.25) is 0 Å². The van der Waals surface area contributed by atoms with Crippen molar-refractivity contribution in [3.63, 3.8) is 0 Å². The molecular weight excluding hydrogens is 501 g/mol. The van der Waals surface area contributed by atoms with Gasteiger partial charge in [-0.05, 0) is 76.0 Å². The predicted molar refractivity (Wildman–Crippen MR) is 133 cm³/mol. The Morgan fingerprint density at radius 1 is 0.935 bits per heavy atom. The van der Waals surface area contributed by atoms with Crippen LogP contribution in [-0.2, 0) is 0 Å². The molecule has 156 valence electrons. The largest absolute Gasteiger partial charge is 0.493 e. The second kappa shape index (κ2) is 9.06. The van der Waals surface area contributed by atoms with Gasteiger partial charge in [0.25, 0.3) is 0 Å². The molecule has 0 saturated heterocycles. The highest BCUT2D eigenvalue weighted by Gasteiger charge is 2.13. The molecule has 1 aromatic heterocycles. The van der Waals surface area contributed by atoms with E-state index in [2.05, 4.69) is 36.4 Å². The van der Waals surface area contributed by atoms with Crippen molar-refractivity contribution in [2.45, 2.75) is 13.8 Å². The Morgan fingerprint density at radius 3 is 2.16 bits per heavy atom. The lowest BCUT2D eigenvalue weighted by atomic mass is 10.0. The van der Waals surface area contributed by atoms with Crippen LogP contribution in [-0.4, -0.2) is 22.7 Å². The van der Waals surface area contributed by atoms with Crippen molar-refractivity contribution in [3.8, 4) is 28.1 Å². The summed E-state index contributed by atoms with van der Waals surface area (Å²) in [5, 5.41) is 10.3. The van der Waals surface area contributed by atoms with E-state index in [1.54, 1.807) is 6.07 Å². The number of carboxylic acid groups (broad SMARTS) is 1. The third-order valence-electron chi connectivity index (χ3n) is 4.95. The van der Waals surface area contributed by atoms with Crippen molar-refractivity contribution in [2.24, 2.45) is 5.92 Å². The first-order chi connectivity index (χ1) is 14.9. The Kier molecular flexibility index (Phi) is 6.23. The normalized spacial score (nSPS) is 11.1. The van der Waals surface area contributed by atoms with Gasteiger partial charge in [-0.3, -0.25) is 0 Å². The SMILES string of the molecule is CC(C)COc1ccc(-c2ccc(-c3cc(C(=O)O)c4cc(I)ccc4n3)cc2)cc1. The number of fused-ring (bicyclic) bond motifs is 1. The van der Waals surface area contributed by atoms with Crippen LogP contribution in [0.3, 0.4) is 0 Å². The molecule has 5 heteroatoms. The maximum atomic E-state index is 11.8. The van der Waals surface area contributed by atoms with Crippen LogP contribution in [0.2, 0.25) is 0 Å². The van der Waals surface area contributed by atoms with Gasteiger partial charge in [-0.1, -0.05) is 50.2 Å². The molecule has 1 heterocycles. The number of hydrogen-bond acceptors (Lipinski definition) is 3. The summed E-state index contributed by atoms with van der Waals surface area (Å²) in [6.07, 6.45) is 0. The minimum Gasteiger partial charge on any atom is -0.493 e. The average Bonchev–Trinajstić information content (AvgIpc) is 2.77. The van der Waals surface area contributed by atoms with Crippen LogP contribution < -0.4 is 4.74 Å². The van der Waals surface area contributed by atoms with Crippen molar-refractivity contribution in [3.05, 3.63) is 81.9 Å². The summed E-state index contributed by atoms with van der Waals surface area (Å²) in [5.41, 5.74) is 4.64. The molecule has 4 rings (SSSR count). The molecule has 0 bridgehead atoms. The van der Waals surface area contributed by atoms with Gasteiger partial charge in [0.15, 0.2) is 0 Å². The Balaban J connectivity index is 1.63. The van der Waals surface area contributed by atoms with Gasteiger partial charge in [0.1, 0.15) is 5.75 Å². The lowest BCUT2D eigenvalue weighted by Crippen LogP contribution is -2.04. The minimum absolute atomic E-state index is 0.263. The Labute approximate surface area is 195 Å². The molecule has 0 atom stereocenters. The van der Waals surface area contributed by atoms with Crippen molar-refractivity contribution in [2.75, 3.05) is 6.61 Å². The Morgan fingerprint density at radius 2 is 1.55 bits per heavy atom. The molecule has 0 spiro atoms. The van der Waals surface area contributed by atoms with E-state index < -0.39 is 5.97 Å². The number of aromatic carboxylic acids is 1. The predicted octanol–water partition coefficient (Wildman–Crippen LogP) is 6.91. The third-order valence-corrected chi connectivity index (χ3v) is 5.62. The summed E-state index contributed by atoms with van der Waals surface area (Å²) in [6, 6.07) is 23.4. The Hall–Kier alpha value is -2.93. The monoisotopic (exact) mass is 523 g/mol. The summed E-state index contributed by atoms with van der Waals surface area (Å²) in [6.45, 7) is 4.95. The summed E-state index contributed by atoms with van der Waals surface area (Å²) in [5.74, 6) is 0.401. The highest BCUT2D eigenvalue weighted by atomic mass is 127. The number of carbonyl (C=O) groups is 1. The number of hydrogen-bond donors (Lipinski definition) is 1. The maximum Gasteiger partial charge on any atom is 0.336 e. The standard InChI is InChI=1S/C26H22INO3/c1-16(2)15-31-21-10-7-18(8-11-21)17-3-5-19(6-4-17)25-14-23(26(29)30)22-13-20(27)9-12-24(22)28-25/h3-14,16H,15H2,1-2H3,(H,29,30). The summed E-state index contributed by atoms with van der Waals surface area (Å²) < 4.78 is 6.73. The van der Waals surface area contributed by atoms with Gasteiger partial charge in [-0.25, -0.2) is 9.78 Å². The average molecular weight is 523 g/mol. The number of halogens is 1. The molecule has 0 aliphatic heterocycles. The maximum absolute atomic E-state index is 11.8. The molecule has 31 heavy (non-hydrogen) atoms. The third kappa shape index (κ3) is 4.88. The minimum atomic E-state index is -0.952. The fourth-order valence-corrected chi connectivity index (χ4v) is 3.85. The first-order valence-electron chi connectivity index (χ1n) is 10.1. The van der Waals surface area contributed by atoms with Crippen LogP contribution in [0.5, 0.6) is 5.75 Å². The molecule has 0 radical (unpaired) electrons. The molecule has 3 aromatic carbocycles. The number of benzene rings is 3. The molecule has 4 nitrogen and oxygen atoms in total. The van der Waals surface area contributed by atoms with Crippen LogP contribution in [0.25, 0.3) is 33.3 Å². The molecule has 0 fully saturated rings. The number of carboxylic acids is 1. The number of aromatic nitrogens is 1. The van der Waals surface area contributed by atoms with E-state index in [0.29, 0.717) is 29.1 Å². The van der Waals surface area contributed by atoms with Gasteiger partial charge >= 0.3 is 5.97 Å². The molecule has 0 unspecified atom stereocenters. The molecule has 0 aliphatic rings. The number of pyridine rings is 1. The van der Waals surface area contributed by atoms with Crippen molar-refractivity contribution in [1.29, 1.82) is 0 Å². The van der Waals surface area contributed by atoms with Gasteiger partial charge < -0.3 is 9.84 Å². The molecule has 1 N–H and O–H groups in total. The number of rotatable bonds is 6. The highest BCUT2D eigenvalue weighted by Crippen LogP contribution is 2.29.